The molecule has 0 heterocycles. The van der Waals surface area contributed by atoms with Crippen molar-refractivity contribution >= 4 is 0 Å². The van der Waals surface area contributed by atoms with Crippen LogP contribution in [0.25, 0.3) is 0 Å². The van der Waals surface area contributed by atoms with Crippen LogP contribution in [0.2, 0.25) is 0 Å². The lowest BCUT2D eigenvalue weighted by Crippen LogP contribution is -2.73. The first-order chi connectivity index (χ1) is 20.1. The number of halogens is 32. The molecular formula is C16F32. The third-order valence-electron chi connectivity index (χ3n) is 5.40. The van der Waals surface area contributed by atoms with Crippen LogP contribution in [-0.4, -0.2) is 83.4 Å². The normalized spacial score (nSPS) is 17.5. The Morgan fingerprint density at radius 2 is 0.312 bits per heavy atom. The summed E-state index contributed by atoms with van der Waals surface area (Å²) >= 11 is 0. The van der Waals surface area contributed by atoms with Crippen LogP contribution in [0.15, 0.2) is 11.7 Å². The van der Waals surface area contributed by atoms with Crippen LogP contribution in [0.5, 0.6) is 0 Å². The van der Waals surface area contributed by atoms with Crippen LogP contribution >= 0.6 is 0 Å². The molecule has 0 fully saturated rings. The van der Waals surface area contributed by atoms with Gasteiger partial charge in [0.05, 0.1) is 0 Å². The Hall–Kier alpha value is -2.50. The lowest BCUT2D eigenvalue weighted by atomic mass is 9.88. The summed E-state index contributed by atoms with van der Waals surface area (Å²) in [7, 11) is 0. The van der Waals surface area contributed by atoms with Crippen molar-refractivity contribution in [3.8, 4) is 0 Å². The molecule has 0 aromatic rings. The zero-order chi connectivity index (χ0) is 40.2. The van der Waals surface area contributed by atoms with E-state index in [1.165, 1.54) is 0 Å². The number of hydrogen-bond acceptors (Lipinski definition) is 0. The van der Waals surface area contributed by atoms with Gasteiger partial charge in [-0.1, -0.05) is 0 Å². The standard InChI is InChI=1S/C16F32/c17-1(3(19,20)5(23,24)7(27,28)9(31,32)11(35,36)13(39,40)15(43,44)45)2(18)4(21,22)6(25,26)8(29,30)10(33,34)12(37,38)14(41,42)16(46,47)48. The summed E-state index contributed by atoms with van der Waals surface area (Å²) in [6.45, 7) is 0. The molecule has 0 aliphatic heterocycles. The summed E-state index contributed by atoms with van der Waals surface area (Å²) in [4.78, 5) is 0. The van der Waals surface area contributed by atoms with E-state index >= 15 is 0 Å². The minimum atomic E-state index is -9.53. The van der Waals surface area contributed by atoms with Crippen LogP contribution in [0.3, 0.4) is 0 Å². The number of rotatable bonds is 12. The summed E-state index contributed by atoms with van der Waals surface area (Å²) in [5.41, 5.74) is 0. The van der Waals surface area contributed by atoms with Gasteiger partial charge in [0.2, 0.25) is 11.7 Å². The summed E-state index contributed by atoms with van der Waals surface area (Å²) in [5, 5.41) is 0. The molecule has 0 amide bonds. The maximum Gasteiger partial charge on any atom is 0.460 e. The van der Waals surface area contributed by atoms with Crippen LogP contribution in [0.4, 0.5) is 140 Å². The second kappa shape index (κ2) is 11.0. The first-order valence-electron chi connectivity index (χ1n) is 9.80. The van der Waals surface area contributed by atoms with Gasteiger partial charge in [0.15, 0.2) is 0 Å². The summed E-state index contributed by atoms with van der Waals surface area (Å²) in [6, 6.07) is 0. The molecule has 0 nitrogen and oxygen atoms in total. The molecule has 0 rings (SSSR count). The predicted molar refractivity (Wildman–Crippen MR) is 80.7 cm³/mol. The van der Waals surface area contributed by atoms with Gasteiger partial charge < -0.3 is 0 Å². The van der Waals surface area contributed by atoms with Gasteiger partial charge in [-0.2, -0.15) is 132 Å². The quantitative estimate of drug-likeness (QED) is 0.173. The largest absolute Gasteiger partial charge is 0.460 e. The van der Waals surface area contributed by atoms with E-state index in [9.17, 15) is 140 Å². The lowest BCUT2D eigenvalue weighted by Gasteiger charge is -2.42. The molecule has 0 aromatic heterocycles. The van der Waals surface area contributed by atoms with Crippen molar-refractivity contribution in [3.05, 3.63) is 11.7 Å². The van der Waals surface area contributed by atoms with Crippen molar-refractivity contribution in [1.82, 2.24) is 0 Å². The molecule has 0 unspecified atom stereocenters. The molecule has 0 aliphatic rings. The van der Waals surface area contributed by atoms with Crippen LogP contribution in [-0.2, 0) is 0 Å². The molecule has 0 aliphatic carbocycles. The second-order valence-corrected chi connectivity index (χ2v) is 8.52. The van der Waals surface area contributed by atoms with Crippen LogP contribution in [0, 0.1) is 0 Å². The Kier molecular flexibility index (Phi) is 10.4. The molecule has 0 saturated carbocycles. The van der Waals surface area contributed by atoms with E-state index in [4.69, 9.17) is 0 Å². The SMILES string of the molecule is FC(=C(F)C(F)(F)C(F)(F)C(F)(F)C(F)(F)C(F)(F)C(F)(F)C(F)(F)F)C(F)(F)C(F)(F)C(F)(F)C(F)(F)C(F)(F)C(F)(F)C(F)(F)F. The van der Waals surface area contributed by atoms with Gasteiger partial charge >= 0.3 is 83.4 Å². The van der Waals surface area contributed by atoms with Gasteiger partial charge in [0.25, 0.3) is 0 Å². The minimum absolute atomic E-state index is 6.48. The van der Waals surface area contributed by atoms with Crippen molar-refractivity contribution in [1.29, 1.82) is 0 Å². The molecule has 0 atom stereocenters. The van der Waals surface area contributed by atoms with Crippen molar-refractivity contribution < 1.29 is 140 Å². The molecule has 0 spiro atoms. The lowest BCUT2D eigenvalue weighted by molar-refractivity contribution is -0.452. The Morgan fingerprint density at radius 1 is 0.188 bits per heavy atom. The van der Waals surface area contributed by atoms with Crippen LogP contribution < -0.4 is 0 Å². The first kappa shape index (κ1) is 45.5. The fourth-order valence-corrected chi connectivity index (χ4v) is 2.48. The summed E-state index contributed by atoms with van der Waals surface area (Å²) < 4.78 is 417. The highest BCUT2D eigenvalue weighted by atomic mass is 19.4. The number of hydrogen-bond donors (Lipinski definition) is 0. The van der Waals surface area contributed by atoms with E-state index in [1.54, 1.807) is 0 Å². The van der Waals surface area contributed by atoms with E-state index in [0.717, 1.165) is 0 Å². The van der Waals surface area contributed by atoms with Crippen molar-refractivity contribution in [2.45, 2.75) is 83.4 Å². The Morgan fingerprint density at radius 3 is 0.458 bits per heavy atom. The fourth-order valence-electron chi connectivity index (χ4n) is 2.48. The molecule has 288 valence electrons. The monoisotopic (exact) mass is 800 g/mol. The van der Waals surface area contributed by atoms with Crippen molar-refractivity contribution in [2.24, 2.45) is 0 Å². The van der Waals surface area contributed by atoms with Crippen molar-refractivity contribution in [3.63, 3.8) is 0 Å². The third-order valence-corrected chi connectivity index (χ3v) is 5.40. The third kappa shape index (κ3) is 5.32. The molecule has 0 radical (unpaired) electrons. The van der Waals surface area contributed by atoms with E-state index in [0.29, 0.717) is 0 Å². The molecule has 0 aromatic carbocycles. The van der Waals surface area contributed by atoms with E-state index in [2.05, 4.69) is 0 Å². The number of alkyl halides is 30. The molecule has 32 heteroatoms. The average molecular weight is 800 g/mol. The minimum Gasteiger partial charge on any atom is -0.202 e. The Balaban J connectivity index is 7.57. The maximum absolute atomic E-state index is 13.6. The van der Waals surface area contributed by atoms with Gasteiger partial charge in [-0.15, -0.1) is 0 Å². The summed E-state index contributed by atoms with van der Waals surface area (Å²) in [6.07, 6.45) is -16.5. The summed E-state index contributed by atoms with van der Waals surface area (Å²) in [5.74, 6) is -124. The topological polar surface area (TPSA) is 0 Å². The smallest absolute Gasteiger partial charge is 0.202 e. The van der Waals surface area contributed by atoms with Gasteiger partial charge in [-0.25, -0.2) is 8.78 Å². The first-order valence-corrected chi connectivity index (χ1v) is 9.80. The molecule has 0 N–H and O–H groups in total. The molecular weight excluding hydrogens is 800 g/mol. The maximum atomic E-state index is 13.6. The van der Waals surface area contributed by atoms with Gasteiger partial charge in [-0.3, -0.25) is 0 Å². The Bertz CT molecular complexity index is 1120. The predicted octanol–water partition coefficient (Wildman–Crippen LogP) is 10.9. The molecule has 0 saturated heterocycles. The number of allylic oxidation sites excluding steroid dienone is 2. The average Bonchev–Trinajstić information content (AvgIpc) is 2.84. The van der Waals surface area contributed by atoms with E-state index in [-0.39, 0.29) is 0 Å². The Labute approximate surface area is 237 Å². The fraction of sp³-hybridized carbons (Fsp3) is 0.875. The highest BCUT2D eigenvalue weighted by Crippen LogP contribution is 2.66. The van der Waals surface area contributed by atoms with Gasteiger partial charge in [0, 0.05) is 0 Å². The van der Waals surface area contributed by atoms with E-state index < -0.39 is 95.1 Å². The zero-order valence-corrected chi connectivity index (χ0v) is 20.1. The van der Waals surface area contributed by atoms with E-state index in [1.807, 2.05) is 0 Å². The van der Waals surface area contributed by atoms with Gasteiger partial charge in [-0.05, 0) is 0 Å². The van der Waals surface area contributed by atoms with Gasteiger partial charge in [0.1, 0.15) is 0 Å². The molecule has 0 bridgehead atoms. The van der Waals surface area contributed by atoms with Crippen molar-refractivity contribution in [2.75, 3.05) is 0 Å². The van der Waals surface area contributed by atoms with Crippen LogP contribution in [0.1, 0.15) is 0 Å². The zero-order valence-electron chi connectivity index (χ0n) is 20.1. The highest BCUT2D eigenvalue weighted by Gasteiger charge is 2.96. The second-order valence-electron chi connectivity index (χ2n) is 8.52. The molecule has 48 heavy (non-hydrogen) atoms. The highest BCUT2D eigenvalue weighted by molar-refractivity contribution is 5.28.